The van der Waals surface area contributed by atoms with Gasteiger partial charge in [0, 0.05) is 24.7 Å². The molecule has 2 aromatic heterocycles. The smallest absolute Gasteiger partial charge is 0.253 e. The van der Waals surface area contributed by atoms with Crippen LogP contribution in [0.2, 0.25) is 0 Å². The molecule has 2 heterocycles. The lowest BCUT2D eigenvalue weighted by Crippen LogP contribution is -2.31. The Morgan fingerprint density at radius 1 is 1.26 bits per heavy atom. The quantitative estimate of drug-likeness (QED) is 0.919. The Balaban J connectivity index is 2.17. The third-order valence-corrected chi connectivity index (χ3v) is 3.42. The van der Waals surface area contributed by atoms with Gasteiger partial charge in [0.1, 0.15) is 0 Å². The van der Waals surface area contributed by atoms with Crippen LogP contribution < -0.4 is 10.1 Å². The van der Waals surface area contributed by atoms with Crippen LogP contribution in [0.1, 0.15) is 49.2 Å². The molecule has 1 atom stereocenters. The number of carbonyl (C=O) groups excluding carboxylic acids is 1. The summed E-state index contributed by atoms with van der Waals surface area (Å²) >= 11 is 0. The summed E-state index contributed by atoms with van der Waals surface area (Å²) in [6.45, 7) is 6.45. The van der Waals surface area contributed by atoms with E-state index in [-0.39, 0.29) is 17.4 Å². The largest absolute Gasteiger partial charge is 0.481 e. The molecule has 0 unspecified atom stereocenters. The van der Waals surface area contributed by atoms with Gasteiger partial charge in [-0.25, -0.2) is 4.98 Å². The van der Waals surface area contributed by atoms with E-state index in [9.17, 15) is 4.79 Å². The highest BCUT2D eigenvalue weighted by Crippen LogP contribution is 2.29. The van der Waals surface area contributed by atoms with Gasteiger partial charge in [-0.15, -0.1) is 0 Å². The highest BCUT2D eigenvalue weighted by Gasteiger charge is 2.22. The van der Waals surface area contributed by atoms with E-state index < -0.39 is 0 Å². The molecule has 0 saturated carbocycles. The minimum atomic E-state index is -0.154. The average molecular weight is 313 g/mol. The van der Waals surface area contributed by atoms with Crippen molar-refractivity contribution < 1.29 is 9.53 Å². The first-order valence-corrected chi connectivity index (χ1v) is 7.60. The molecule has 122 valence electrons. The summed E-state index contributed by atoms with van der Waals surface area (Å²) in [6, 6.07) is 7.15. The molecule has 23 heavy (non-hydrogen) atoms. The van der Waals surface area contributed by atoms with E-state index in [0.29, 0.717) is 11.4 Å². The van der Waals surface area contributed by atoms with Crippen molar-refractivity contribution in [2.24, 2.45) is 5.41 Å². The van der Waals surface area contributed by atoms with E-state index in [2.05, 4.69) is 36.1 Å². The van der Waals surface area contributed by atoms with Gasteiger partial charge in [0.25, 0.3) is 5.91 Å². The molecule has 0 bridgehead atoms. The third kappa shape index (κ3) is 5.06. The van der Waals surface area contributed by atoms with Crippen molar-refractivity contribution in [2.45, 2.75) is 33.2 Å². The molecule has 0 fully saturated rings. The zero-order valence-electron chi connectivity index (χ0n) is 14.0. The molecular weight excluding hydrogens is 290 g/mol. The minimum Gasteiger partial charge on any atom is -0.481 e. The van der Waals surface area contributed by atoms with Crippen LogP contribution in [0.5, 0.6) is 5.88 Å². The van der Waals surface area contributed by atoms with Gasteiger partial charge in [-0.2, -0.15) is 0 Å². The maximum absolute atomic E-state index is 12.5. The summed E-state index contributed by atoms with van der Waals surface area (Å²) in [7, 11) is 1.55. The van der Waals surface area contributed by atoms with Gasteiger partial charge in [0.2, 0.25) is 5.88 Å². The fraction of sp³-hybridized carbons (Fsp3) is 0.389. The maximum Gasteiger partial charge on any atom is 0.253 e. The molecule has 0 saturated heterocycles. The van der Waals surface area contributed by atoms with Gasteiger partial charge >= 0.3 is 0 Å². The van der Waals surface area contributed by atoms with Gasteiger partial charge in [0.05, 0.1) is 18.7 Å². The number of nitrogens with zero attached hydrogens (tertiary/aromatic N) is 2. The van der Waals surface area contributed by atoms with Crippen molar-refractivity contribution >= 4 is 5.91 Å². The zero-order valence-corrected chi connectivity index (χ0v) is 14.0. The highest BCUT2D eigenvalue weighted by molar-refractivity contribution is 5.94. The molecule has 1 amide bonds. The van der Waals surface area contributed by atoms with Crippen LogP contribution in [0.4, 0.5) is 0 Å². The topological polar surface area (TPSA) is 64.1 Å². The van der Waals surface area contributed by atoms with E-state index in [4.69, 9.17) is 4.74 Å². The molecule has 2 aromatic rings. The molecule has 0 aliphatic carbocycles. The van der Waals surface area contributed by atoms with E-state index in [1.807, 2.05) is 12.1 Å². The summed E-state index contributed by atoms with van der Waals surface area (Å²) in [4.78, 5) is 20.7. The summed E-state index contributed by atoms with van der Waals surface area (Å²) in [5.41, 5.74) is 1.58. The van der Waals surface area contributed by atoms with E-state index >= 15 is 0 Å². The SMILES string of the molecule is COc1ccc(C(=O)N[C@H](CC(C)(C)C)c2cccnc2)cn1. The predicted octanol–water partition coefficient (Wildman–Crippen LogP) is 3.39. The molecule has 0 spiro atoms. The Kier molecular flexibility index (Phi) is 5.32. The second-order valence-corrected chi connectivity index (χ2v) is 6.67. The number of nitrogens with one attached hydrogen (secondary N) is 1. The van der Waals surface area contributed by atoms with Crippen LogP contribution in [-0.4, -0.2) is 23.0 Å². The van der Waals surface area contributed by atoms with Crippen molar-refractivity contribution in [3.63, 3.8) is 0 Å². The highest BCUT2D eigenvalue weighted by atomic mass is 16.5. The van der Waals surface area contributed by atoms with Gasteiger partial charge in [-0.05, 0) is 29.5 Å². The maximum atomic E-state index is 12.5. The molecule has 5 heteroatoms. The number of pyridine rings is 2. The standard InChI is InChI=1S/C18H23N3O2/c1-18(2,3)10-15(13-6-5-9-19-11-13)21-17(22)14-7-8-16(23-4)20-12-14/h5-9,11-12,15H,10H2,1-4H3,(H,21,22)/t15-/m1/s1. The Morgan fingerprint density at radius 3 is 2.57 bits per heavy atom. The number of rotatable bonds is 5. The molecule has 0 aliphatic rings. The Labute approximate surface area is 137 Å². The van der Waals surface area contributed by atoms with Crippen LogP contribution in [0.3, 0.4) is 0 Å². The molecule has 5 nitrogen and oxygen atoms in total. The number of hydrogen-bond donors (Lipinski definition) is 1. The Morgan fingerprint density at radius 2 is 2.04 bits per heavy atom. The van der Waals surface area contributed by atoms with Crippen molar-refractivity contribution in [2.75, 3.05) is 7.11 Å². The second-order valence-electron chi connectivity index (χ2n) is 6.67. The van der Waals surface area contributed by atoms with E-state index in [1.54, 1.807) is 31.6 Å². The summed E-state index contributed by atoms with van der Waals surface area (Å²) in [6.07, 6.45) is 5.86. The Hall–Kier alpha value is -2.43. The second kappa shape index (κ2) is 7.22. The molecule has 0 aliphatic heterocycles. The number of aromatic nitrogens is 2. The van der Waals surface area contributed by atoms with Gasteiger partial charge in [-0.3, -0.25) is 9.78 Å². The van der Waals surface area contributed by atoms with Crippen molar-refractivity contribution in [3.8, 4) is 5.88 Å². The van der Waals surface area contributed by atoms with Crippen molar-refractivity contribution in [1.82, 2.24) is 15.3 Å². The van der Waals surface area contributed by atoms with Crippen LogP contribution in [0.25, 0.3) is 0 Å². The monoisotopic (exact) mass is 313 g/mol. The molecular formula is C18H23N3O2. The number of carbonyl (C=O) groups is 1. The average Bonchev–Trinajstić information content (AvgIpc) is 2.54. The number of hydrogen-bond acceptors (Lipinski definition) is 4. The number of amides is 1. The fourth-order valence-electron chi connectivity index (χ4n) is 2.32. The van der Waals surface area contributed by atoms with Crippen LogP contribution in [0.15, 0.2) is 42.9 Å². The normalized spacial score (nSPS) is 12.5. The number of methoxy groups -OCH3 is 1. The molecule has 0 radical (unpaired) electrons. The molecule has 1 N–H and O–H groups in total. The predicted molar refractivity (Wildman–Crippen MR) is 89.3 cm³/mol. The minimum absolute atomic E-state index is 0.0753. The summed E-state index contributed by atoms with van der Waals surface area (Å²) < 4.78 is 5.01. The molecule has 0 aromatic carbocycles. The zero-order chi connectivity index (χ0) is 16.9. The first-order chi connectivity index (χ1) is 10.9. The van der Waals surface area contributed by atoms with E-state index in [1.165, 1.54) is 6.20 Å². The van der Waals surface area contributed by atoms with E-state index in [0.717, 1.165) is 12.0 Å². The van der Waals surface area contributed by atoms with Crippen LogP contribution in [0, 0.1) is 5.41 Å². The van der Waals surface area contributed by atoms with Crippen LogP contribution >= 0.6 is 0 Å². The fourth-order valence-corrected chi connectivity index (χ4v) is 2.32. The van der Waals surface area contributed by atoms with Gasteiger partial charge in [0.15, 0.2) is 0 Å². The number of ether oxygens (including phenoxy) is 1. The first-order valence-electron chi connectivity index (χ1n) is 7.60. The first kappa shape index (κ1) is 16.9. The van der Waals surface area contributed by atoms with Gasteiger partial charge < -0.3 is 10.1 Å². The van der Waals surface area contributed by atoms with Crippen molar-refractivity contribution in [1.29, 1.82) is 0 Å². The lowest BCUT2D eigenvalue weighted by molar-refractivity contribution is 0.0926. The summed E-state index contributed by atoms with van der Waals surface area (Å²) in [5.74, 6) is 0.332. The Bertz CT molecular complexity index is 634. The van der Waals surface area contributed by atoms with Gasteiger partial charge in [-0.1, -0.05) is 26.8 Å². The van der Waals surface area contributed by atoms with Crippen LogP contribution in [-0.2, 0) is 0 Å². The molecule has 2 rings (SSSR count). The lowest BCUT2D eigenvalue weighted by Gasteiger charge is -2.27. The lowest BCUT2D eigenvalue weighted by atomic mass is 9.85. The summed E-state index contributed by atoms with van der Waals surface area (Å²) in [5, 5.41) is 3.08. The third-order valence-electron chi connectivity index (χ3n) is 3.42. The van der Waals surface area contributed by atoms with Crippen molar-refractivity contribution in [3.05, 3.63) is 54.0 Å².